The molecule has 0 spiro atoms. The number of carbonyl (C=O) groups is 5. The molecule has 1 aliphatic rings. The smallest absolute Gasteiger partial charge is 0.410 e. The molecule has 1 aliphatic heterocycles. The molecule has 1 fully saturated rings. The zero-order valence-electron chi connectivity index (χ0n) is 26.9. The number of rotatable bonds is 11. The number of amides is 4. The Balaban J connectivity index is 1.42. The number of carbonyl (C=O) groups excluding carboxylic acids is 5. The van der Waals surface area contributed by atoms with E-state index in [1.54, 1.807) is 27.0 Å². The Morgan fingerprint density at radius 1 is 0.913 bits per heavy atom. The van der Waals surface area contributed by atoms with Gasteiger partial charge in [0.05, 0.1) is 0 Å². The maximum atomic E-state index is 13.5. The number of hydrogen-bond acceptors (Lipinski definition) is 7. The summed E-state index contributed by atoms with van der Waals surface area (Å²) in [6.07, 6.45) is 2.35. The third-order valence-corrected chi connectivity index (χ3v) is 7.60. The van der Waals surface area contributed by atoms with Crippen molar-refractivity contribution in [3.05, 3.63) is 71.9 Å². The van der Waals surface area contributed by atoms with Crippen LogP contribution in [0.25, 0.3) is 10.9 Å². The van der Waals surface area contributed by atoms with Gasteiger partial charge in [-0.15, -0.1) is 0 Å². The first-order valence-corrected chi connectivity index (χ1v) is 15.5. The molecular weight excluding hydrogens is 590 g/mol. The molecule has 46 heavy (non-hydrogen) atoms. The van der Waals surface area contributed by atoms with Crippen molar-refractivity contribution in [1.82, 2.24) is 25.8 Å². The van der Waals surface area contributed by atoms with Crippen molar-refractivity contribution in [1.29, 1.82) is 0 Å². The van der Waals surface area contributed by atoms with E-state index in [0.29, 0.717) is 19.4 Å². The highest BCUT2D eigenvalue weighted by atomic mass is 16.6. The van der Waals surface area contributed by atoms with E-state index in [4.69, 9.17) is 9.47 Å². The van der Waals surface area contributed by atoms with Crippen molar-refractivity contribution < 1.29 is 33.4 Å². The molecule has 12 nitrogen and oxygen atoms in total. The number of ether oxygens (including phenoxy) is 2. The predicted octanol–water partition coefficient (Wildman–Crippen LogP) is 3.35. The van der Waals surface area contributed by atoms with Crippen molar-refractivity contribution in [2.24, 2.45) is 0 Å². The molecule has 246 valence electrons. The van der Waals surface area contributed by atoms with Gasteiger partial charge in [0.15, 0.2) is 0 Å². The number of aromatic nitrogens is 1. The Labute approximate surface area is 268 Å². The lowest BCUT2D eigenvalue weighted by atomic mass is 10.0. The number of likely N-dealkylation sites (tertiary alicyclic amines) is 1. The van der Waals surface area contributed by atoms with Crippen LogP contribution in [0.2, 0.25) is 0 Å². The van der Waals surface area contributed by atoms with Crippen LogP contribution in [0.1, 0.15) is 58.6 Å². The first-order valence-electron chi connectivity index (χ1n) is 15.5. The molecule has 12 heteroatoms. The van der Waals surface area contributed by atoms with Gasteiger partial charge in [-0.2, -0.15) is 0 Å². The van der Waals surface area contributed by atoms with Gasteiger partial charge >= 0.3 is 12.1 Å². The molecule has 0 unspecified atom stereocenters. The number of para-hydroxylation sites is 1. The van der Waals surface area contributed by atoms with Crippen LogP contribution in [0, 0.1) is 0 Å². The second-order valence-electron chi connectivity index (χ2n) is 12.5. The van der Waals surface area contributed by atoms with Gasteiger partial charge in [-0.1, -0.05) is 48.5 Å². The average molecular weight is 634 g/mol. The van der Waals surface area contributed by atoms with E-state index < -0.39 is 59.6 Å². The molecule has 0 bridgehead atoms. The van der Waals surface area contributed by atoms with Crippen LogP contribution < -0.4 is 16.0 Å². The molecule has 0 radical (unpaired) electrons. The second-order valence-corrected chi connectivity index (χ2v) is 12.5. The number of esters is 1. The highest BCUT2D eigenvalue weighted by Gasteiger charge is 2.38. The van der Waals surface area contributed by atoms with Crippen molar-refractivity contribution >= 4 is 40.7 Å². The van der Waals surface area contributed by atoms with E-state index in [0.717, 1.165) is 22.0 Å². The van der Waals surface area contributed by atoms with E-state index in [1.807, 2.05) is 54.6 Å². The third-order valence-electron chi connectivity index (χ3n) is 7.60. The quantitative estimate of drug-likeness (QED) is 0.236. The summed E-state index contributed by atoms with van der Waals surface area (Å²) >= 11 is 0. The molecule has 4 rings (SSSR count). The van der Waals surface area contributed by atoms with Crippen molar-refractivity contribution in [2.45, 2.75) is 90.3 Å². The minimum absolute atomic E-state index is 0.0545. The minimum atomic E-state index is -1.08. The molecule has 1 aromatic heterocycles. The molecular formula is C34H43N5O7. The monoisotopic (exact) mass is 633 g/mol. The lowest BCUT2D eigenvalue weighted by Crippen LogP contribution is -2.57. The van der Waals surface area contributed by atoms with E-state index in [2.05, 4.69) is 20.9 Å². The van der Waals surface area contributed by atoms with Gasteiger partial charge in [-0.25, -0.2) is 9.59 Å². The Morgan fingerprint density at radius 3 is 2.33 bits per heavy atom. The van der Waals surface area contributed by atoms with Crippen LogP contribution in [0.3, 0.4) is 0 Å². The minimum Gasteiger partial charge on any atom is -0.459 e. The number of nitrogens with one attached hydrogen (secondary N) is 4. The maximum absolute atomic E-state index is 13.5. The number of hydrogen-bond donors (Lipinski definition) is 4. The number of aromatic amines is 1. The summed E-state index contributed by atoms with van der Waals surface area (Å²) in [5, 5.41) is 8.97. The SMILES string of the molecule is C[C@@H](NC(=O)[C@@H]1CCCN1C(=O)OC(C)(C)C)C(=O)N[C@@H](Cc1c[nH]c2ccccc12)C(=O)N[C@H](C)C(=O)OCc1ccccc1. The highest BCUT2D eigenvalue weighted by molar-refractivity contribution is 5.95. The first-order chi connectivity index (χ1) is 21.8. The summed E-state index contributed by atoms with van der Waals surface area (Å²) in [7, 11) is 0. The number of fused-ring (bicyclic) bond motifs is 1. The van der Waals surface area contributed by atoms with Crippen LogP contribution in [0.5, 0.6) is 0 Å². The Hall–Kier alpha value is -4.87. The number of nitrogens with zero attached hydrogens (tertiary/aromatic N) is 1. The first kappa shape index (κ1) is 34.0. The van der Waals surface area contributed by atoms with Crippen LogP contribution in [-0.4, -0.2) is 76.0 Å². The van der Waals surface area contributed by atoms with Gasteiger partial charge < -0.3 is 30.4 Å². The summed E-state index contributed by atoms with van der Waals surface area (Å²) in [4.78, 5) is 70.0. The van der Waals surface area contributed by atoms with Gasteiger partial charge in [-0.3, -0.25) is 19.3 Å². The normalized spacial score (nSPS) is 16.6. The lowest BCUT2D eigenvalue weighted by molar-refractivity contribution is -0.148. The molecule has 3 aromatic rings. The molecule has 4 amide bonds. The molecule has 2 aromatic carbocycles. The molecule has 0 aliphatic carbocycles. The molecule has 4 atom stereocenters. The van der Waals surface area contributed by atoms with E-state index in [1.165, 1.54) is 18.7 Å². The summed E-state index contributed by atoms with van der Waals surface area (Å²) in [6, 6.07) is 12.9. The molecule has 4 N–H and O–H groups in total. The molecule has 2 heterocycles. The topological polar surface area (TPSA) is 159 Å². The highest BCUT2D eigenvalue weighted by Crippen LogP contribution is 2.22. The summed E-state index contributed by atoms with van der Waals surface area (Å²) in [5.41, 5.74) is 1.74. The predicted molar refractivity (Wildman–Crippen MR) is 171 cm³/mol. The van der Waals surface area contributed by atoms with E-state index >= 15 is 0 Å². The second kappa shape index (κ2) is 14.9. The Morgan fingerprint density at radius 2 is 1.61 bits per heavy atom. The van der Waals surface area contributed by atoms with Crippen molar-refractivity contribution in [3.63, 3.8) is 0 Å². The Bertz CT molecular complexity index is 1550. The van der Waals surface area contributed by atoms with Crippen LogP contribution in [0.15, 0.2) is 60.8 Å². The average Bonchev–Trinajstić information content (AvgIpc) is 3.67. The van der Waals surface area contributed by atoms with Crippen LogP contribution in [0.4, 0.5) is 4.79 Å². The fourth-order valence-corrected chi connectivity index (χ4v) is 5.21. The summed E-state index contributed by atoms with van der Waals surface area (Å²) in [5.74, 6) is -2.30. The zero-order valence-corrected chi connectivity index (χ0v) is 26.9. The molecule has 1 saturated heterocycles. The summed E-state index contributed by atoms with van der Waals surface area (Å²) < 4.78 is 10.8. The maximum Gasteiger partial charge on any atom is 0.410 e. The fourth-order valence-electron chi connectivity index (χ4n) is 5.21. The van der Waals surface area contributed by atoms with Crippen molar-refractivity contribution in [2.75, 3.05) is 6.54 Å². The number of benzene rings is 2. The van der Waals surface area contributed by atoms with Crippen LogP contribution >= 0.6 is 0 Å². The van der Waals surface area contributed by atoms with E-state index in [-0.39, 0.29) is 13.0 Å². The summed E-state index contributed by atoms with van der Waals surface area (Å²) in [6.45, 7) is 8.69. The van der Waals surface area contributed by atoms with Gasteiger partial charge in [0.25, 0.3) is 0 Å². The molecule has 0 saturated carbocycles. The third kappa shape index (κ3) is 9.09. The van der Waals surface area contributed by atoms with Gasteiger partial charge in [0.2, 0.25) is 17.7 Å². The zero-order chi connectivity index (χ0) is 33.4. The van der Waals surface area contributed by atoms with Crippen LogP contribution in [-0.2, 0) is 41.7 Å². The fraction of sp³-hybridized carbons (Fsp3) is 0.441. The standard InChI is InChI=1S/C34H43N5O7/c1-21(36-31(42)28-16-11-17-39(28)33(44)46-34(3,4)5)29(40)38-27(18-24-19-35-26-15-10-9-14-25(24)26)30(41)37-22(2)32(43)45-20-23-12-7-6-8-13-23/h6-10,12-15,19,21-22,27-28,35H,11,16-18,20H2,1-5H3,(H,36,42)(H,37,41)(H,38,40)/t21-,22-,27+,28+/m1/s1. The lowest BCUT2D eigenvalue weighted by Gasteiger charge is -2.29. The van der Waals surface area contributed by atoms with Gasteiger partial charge in [0, 0.05) is 30.1 Å². The number of H-pyrrole nitrogens is 1. The Kier molecular flexibility index (Phi) is 11.0. The van der Waals surface area contributed by atoms with Gasteiger partial charge in [0.1, 0.15) is 36.4 Å². The van der Waals surface area contributed by atoms with Crippen molar-refractivity contribution in [3.8, 4) is 0 Å². The van der Waals surface area contributed by atoms with E-state index in [9.17, 15) is 24.0 Å². The van der Waals surface area contributed by atoms with Gasteiger partial charge in [-0.05, 0) is 64.7 Å². The largest absolute Gasteiger partial charge is 0.459 e.